The van der Waals surface area contributed by atoms with E-state index in [1.165, 1.54) is 18.9 Å². The molecule has 0 aromatic rings. The van der Waals surface area contributed by atoms with Crippen molar-refractivity contribution >= 4 is 34.3 Å². The van der Waals surface area contributed by atoms with Crippen LogP contribution >= 0.6 is 11.8 Å². The van der Waals surface area contributed by atoms with E-state index in [2.05, 4.69) is 25.5 Å². The largest absolute Gasteiger partial charge is 0.476 e. The topological polar surface area (TPSA) is 95.6 Å². The minimum atomic E-state index is -1.17. The van der Waals surface area contributed by atoms with Crippen molar-refractivity contribution in [1.82, 2.24) is 5.43 Å². The van der Waals surface area contributed by atoms with Crippen LogP contribution in [0.3, 0.4) is 0 Å². The summed E-state index contributed by atoms with van der Waals surface area (Å²) in [5.41, 5.74) is 2.80. The molecule has 16 heavy (non-hydrogen) atoms. The first-order valence-corrected chi connectivity index (χ1v) is 5.52. The van der Waals surface area contributed by atoms with Crippen LogP contribution in [0.2, 0.25) is 0 Å². The van der Waals surface area contributed by atoms with Gasteiger partial charge in [-0.3, -0.25) is 10.4 Å². The molecule has 1 aliphatic heterocycles. The number of nitrogens with zero attached hydrogens (tertiary/aromatic N) is 3. The summed E-state index contributed by atoms with van der Waals surface area (Å²) >= 11 is 1.38. The number of hydrazone groups is 1. The molecule has 2 N–H and O–H groups in total. The minimum absolute atomic E-state index is 0.196. The first-order chi connectivity index (χ1) is 7.69. The van der Waals surface area contributed by atoms with E-state index in [0.29, 0.717) is 23.2 Å². The van der Waals surface area contributed by atoms with Gasteiger partial charge in [0.2, 0.25) is 5.71 Å². The maximum absolute atomic E-state index is 10.8. The lowest BCUT2D eigenvalue weighted by atomic mass is 10.2. The van der Waals surface area contributed by atoms with E-state index < -0.39 is 5.97 Å². The monoisotopic (exact) mass is 244 g/mol. The van der Waals surface area contributed by atoms with Crippen molar-refractivity contribution in [1.29, 1.82) is 0 Å². The van der Waals surface area contributed by atoms with Gasteiger partial charge in [-0.15, -0.1) is 0 Å². The predicted octanol–water partition coefficient (Wildman–Crippen LogP) is 0.142. The number of hydrogen-bond donors (Lipinski definition) is 2. The third-order valence-electron chi connectivity index (χ3n) is 1.59. The minimum Gasteiger partial charge on any atom is -0.476 e. The average Bonchev–Trinajstić information content (AvgIpc) is 2.27. The zero-order valence-electron chi connectivity index (χ0n) is 8.93. The number of nitrogens with one attached hydrogen (secondary N) is 1. The van der Waals surface area contributed by atoms with Gasteiger partial charge in [-0.25, -0.2) is 4.79 Å². The van der Waals surface area contributed by atoms with E-state index in [4.69, 9.17) is 5.11 Å². The van der Waals surface area contributed by atoms with Gasteiger partial charge in [-0.2, -0.15) is 5.10 Å². The number of rotatable bonds is 4. The van der Waals surface area contributed by atoms with Gasteiger partial charge in [0.15, 0.2) is 5.17 Å². The van der Waals surface area contributed by atoms with Gasteiger partial charge in [0.25, 0.3) is 0 Å². The van der Waals surface area contributed by atoms with Crippen molar-refractivity contribution in [3.8, 4) is 0 Å². The highest BCUT2D eigenvalue weighted by Crippen LogP contribution is 2.09. The molecule has 0 saturated carbocycles. The van der Waals surface area contributed by atoms with Gasteiger partial charge in [0.1, 0.15) is 12.8 Å². The van der Waals surface area contributed by atoms with Gasteiger partial charge in [0, 0.05) is 12.3 Å². The summed E-state index contributed by atoms with van der Waals surface area (Å²) in [4.78, 5) is 19.4. The summed E-state index contributed by atoms with van der Waals surface area (Å²) in [5.74, 6) is -0.765. The summed E-state index contributed by atoms with van der Waals surface area (Å²) in [5, 5.41) is 16.8. The highest BCUT2D eigenvalue weighted by molar-refractivity contribution is 8.14. The SMILES string of the molecule is CCN=C1NN=C(/C(=N\OC)C(=O)O)CS1. The average molecular weight is 244 g/mol. The first kappa shape index (κ1) is 12.5. The second-order valence-corrected chi connectivity index (χ2v) is 3.63. The van der Waals surface area contributed by atoms with Gasteiger partial charge < -0.3 is 9.94 Å². The summed E-state index contributed by atoms with van der Waals surface area (Å²) in [6.07, 6.45) is 0. The maximum atomic E-state index is 10.8. The Bertz CT molecular complexity index is 364. The highest BCUT2D eigenvalue weighted by Gasteiger charge is 2.22. The van der Waals surface area contributed by atoms with Crippen molar-refractivity contribution < 1.29 is 14.7 Å². The fraction of sp³-hybridized carbons (Fsp3) is 0.500. The van der Waals surface area contributed by atoms with Crippen molar-refractivity contribution in [3.05, 3.63) is 0 Å². The Morgan fingerprint density at radius 1 is 1.75 bits per heavy atom. The lowest BCUT2D eigenvalue weighted by molar-refractivity contribution is -0.129. The fourth-order valence-corrected chi connectivity index (χ4v) is 1.77. The number of hydrogen-bond acceptors (Lipinski definition) is 6. The molecule has 0 aromatic heterocycles. The van der Waals surface area contributed by atoms with Crippen molar-refractivity contribution in [3.63, 3.8) is 0 Å². The number of carboxylic acid groups (broad SMARTS) is 1. The Labute approximate surface area is 96.6 Å². The normalized spacial score (nSPS) is 19.0. The van der Waals surface area contributed by atoms with Crippen LogP contribution in [0.15, 0.2) is 15.2 Å². The number of carboxylic acids is 1. The second kappa shape index (κ2) is 6.11. The van der Waals surface area contributed by atoms with Crippen LogP contribution < -0.4 is 5.43 Å². The van der Waals surface area contributed by atoms with Crippen LogP contribution in [0.5, 0.6) is 0 Å². The quantitative estimate of drug-likeness (QED) is 0.542. The number of aliphatic imine (C=N–C) groups is 1. The molecule has 0 fully saturated rings. The van der Waals surface area contributed by atoms with Crippen LogP contribution in [-0.4, -0.2) is 47.1 Å². The van der Waals surface area contributed by atoms with Crippen LogP contribution in [0.25, 0.3) is 0 Å². The Balaban J connectivity index is 2.80. The molecule has 1 heterocycles. The molecule has 1 aliphatic rings. The van der Waals surface area contributed by atoms with Gasteiger partial charge in [-0.1, -0.05) is 16.9 Å². The molecule has 0 spiro atoms. The maximum Gasteiger partial charge on any atom is 0.359 e. The molecule has 1 rings (SSSR count). The fourth-order valence-electron chi connectivity index (χ4n) is 0.969. The molecular formula is C8H12N4O3S. The molecule has 7 nitrogen and oxygen atoms in total. The number of carbonyl (C=O) groups is 1. The molecule has 0 saturated heterocycles. The summed E-state index contributed by atoms with van der Waals surface area (Å²) in [6, 6.07) is 0. The van der Waals surface area contributed by atoms with E-state index >= 15 is 0 Å². The number of aliphatic carboxylic acids is 1. The summed E-state index contributed by atoms with van der Waals surface area (Å²) < 4.78 is 0. The van der Waals surface area contributed by atoms with Crippen molar-refractivity contribution in [2.45, 2.75) is 6.92 Å². The first-order valence-electron chi connectivity index (χ1n) is 4.53. The van der Waals surface area contributed by atoms with Gasteiger partial charge >= 0.3 is 5.97 Å². The summed E-state index contributed by atoms with van der Waals surface area (Å²) in [7, 11) is 1.29. The molecule has 0 unspecified atom stereocenters. The van der Waals surface area contributed by atoms with E-state index in [1.807, 2.05) is 6.92 Å². The van der Waals surface area contributed by atoms with E-state index in [1.54, 1.807) is 0 Å². The molecule has 0 aliphatic carbocycles. The van der Waals surface area contributed by atoms with Gasteiger partial charge in [-0.05, 0) is 6.92 Å². The number of thioether (sulfide) groups is 1. The van der Waals surface area contributed by atoms with Crippen molar-refractivity contribution in [2.75, 3.05) is 19.4 Å². The Morgan fingerprint density at radius 2 is 2.50 bits per heavy atom. The lowest BCUT2D eigenvalue weighted by Gasteiger charge is -2.13. The molecule has 88 valence electrons. The van der Waals surface area contributed by atoms with E-state index in [0.717, 1.165) is 0 Å². The van der Waals surface area contributed by atoms with Crippen LogP contribution in [0.1, 0.15) is 6.92 Å². The smallest absolute Gasteiger partial charge is 0.359 e. The Kier molecular flexibility index (Phi) is 4.77. The van der Waals surface area contributed by atoms with Crippen LogP contribution in [0.4, 0.5) is 0 Å². The number of amidine groups is 1. The Morgan fingerprint density at radius 3 is 2.94 bits per heavy atom. The molecule has 0 radical (unpaired) electrons. The molecule has 0 atom stereocenters. The third kappa shape index (κ3) is 3.23. The van der Waals surface area contributed by atoms with Crippen LogP contribution in [0, 0.1) is 0 Å². The van der Waals surface area contributed by atoms with E-state index in [-0.39, 0.29) is 5.71 Å². The molecule has 0 aromatic carbocycles. The van der Waals surface area contributed by atoms with Crippen LogP contribution in [-0.2, 0) is 9.63 Å². The Hall–Kier alpha value is -1.57. The number of oxime groups is 1. The van der Waals surface area contributed by atoms with Crippen molar-refractivity contribution in [2.24, 2.45) is 15.2 Å². The highest BCUT2D eigenvalue weighted by atomic mass is 32.2. The molecule has 0 bridgehead atoms. The molecule has 0 amide bonds. The third-order valence-corrected chi connectivity index (χ3v) is 2.50. The predicted molar refractivity (Wildman–Crippen MR) is 63.1 cm³/mol. The zero-order chi connectivity index (χ0) is 12.0. The van der Waals surface area contributed by atoms with E-state index in [9.17, 15) is 4.79 Å². The standard InChI is InChI=1S/C8H12N4O3S/c1-3-9-8-11-10-5(4-16-8)6(7(13)14)12-15-2/h3-4H2,1-2H3,(H,9,11)(H,13,14)/b12-6+. The molecule has 8 heteroatoms. The molecular weight excluding hydrogens is 232 g/mol. The zero-order valence-corrected chi connectivity index (χ0v) is 9.74. The second-order valence-electron chi connectivity index (χ2n) is 2.67. The van der Waals surface area contributed by atoms with Gasteiger partial charge in [0.05, 0.1) is 0 Å². The summed E-state index contributed by atoms with van der Waals surface area (Å²) in [6.45, 7) is 2.56. The lowest BCUT2D eigenvalue weighted by Crippen LogP contribution is -2.33.